The fourth-order valence-electron chi connectivity index (χ4n) is 2.01. The molecular formula is C13H15N7. The highest BCUT2D eigenvalue weighted by atomic mass is 15.3. The molecule has 0 aliphatic rings. The van der Waals surface area contributed by atoms with Crippen LogP contribution in [0.2, 0.25) is 0 Å². The molecule has 0 aliphatic carbocycles. The third kappa shape index (κ3) is 2.13. The number of aromatic nitrogens is 5. The summed E-state index contributed by atoms with van der Waals surface area (Å²) in [5.74, 6) is 1.42. The van der Waals surface area contributed by atoms with Crippen molar-refractivity contribution in [2.75, 3.05) is 24.3 Å². The monoisotopic (exact) mass is 269 g/mol. The largest absolute Gasteiger partial charge is 0.362 e. The number of hydrogen-bond acceptors (Lipinski definition) is 6. The van der Waals surface area contributed by atoms with Crippen LogP contribution in [0.1, 0.15) is 5.56 Å². The predicted octanol–water partition coefficient (Wildman–Crippen LogP) is 1.64. The fraction of sp³-hybridized carbons (Fsp3) is 0.231. The minimum atomic E-state index is 0.537. The van der Waals surface area contributed by atoms with E-state index in [1.54, 1.807) is 10.7 Å². The molecule has 0 unspecified atom stereocenters. The average molecular weight is 269 g/mol. The summed E-state index contributed by atoms with van der Waals surface area (Å²) in [6.07, 6.45) is 5.16. The molecular weight excluding hydrogens is 254 g/mol. The van der Waals surface area contributed by atoms with Gasteiger partial charge in [0.1, 0.15) is 12.1 Å². The number of anilines is 3. The van der Waals surface area contributed by atoms with Crippen molar-refractivity contribution < 1.29 is 0 Å². The van der Waals surface area contributed by atoms with E-state index in [1.165, 1.54) is 6.33 Å². The van der Waals surface area contributed by atoms with Crippen LogP contribution in [0.5, 0.6) is 0 Å². The van der Waals surface area contributed by atoms with E-state index in [2.05, 4.69) is 25.4 Å². The highest BCUT2D eigenvalue weighted by Crippen LogP contribution is 2.20. The summed E-state index contributed by atoms with van der Waals surface area (Å²) in [5.41, 5.74) is 2.59. The van der Waals surface area contributed by atoms with Crippen molar-refractivity contribution in [1.82, 2.24) is 24.6 Å². The molecule has 3 aromatic heterocycles. The standard InChI is InChI=1S/C13H15N7/c1-9-7-14-13(18-11(9)19(2)3)17-10-5-4-6-20-12(10)15-8-16-20/h4-8H,1-3H3,(H,14,17,18). The highest BCUT2D eigenvalue weighted by Gasteiger charge is 2.08. The Morgan fingerprint density at radius 3 is 2.90 bits per heavy atom. The smallest absolute Gasteiger partial charge is 0.229 e. The molecule has 7 nitrogen and oxygen atoms in total. The molecule has 0 atom stereocenters. The van der Waals surface area contributed by atoms with Crippen LogP contribution >= 0.6 is 0 Å². The molecule has 0 spiro atoms. The normalized spacial score (nSPS) is 10.8. The summed E-state index contributed by atoms with van der Waals surface area (Å²) in [6, 6.07) is 3.81. The number of rotatable bonds is 3. The van der Waals surface area contributed by atoms with Gasteiger partial charge in [0, 0.05) is 32.1 Å². The van der Waals surface area contributed by atoms with Crippen LogP contribution in [0.15, 0.2) is 30.9 Å². The van der Waals surface area contributed by atoms with Crippen LogP contribution in [0.3, 0.4) is 0 Å². The Hall–Kier alpha value is -2.70. The van der Waals surface area contributed by atoms with E-state index in [0.717, 1.165) is 22.7 Å². The first-order valence-corrected chi connectivity index (χ1v) is 6.21. The Labute approximate surface area is 116 Å². The number of fused-ring (bicyclic) bond motifs is 1. The van der Waals surface area contributed by atoms with Gasteiger partial charge in [-0.3, -0.25) is 0 Å². The molecule has 3 heterocycles. The SMILES string of the molecule is Cc1cnc(Nc2cccn3ncnc23)nc1N(C)C. The molecule has 102 valence electrons. The minimum absolute atomic E-state index is 0.537. The number of aryl methyl sites for hydroxylation is 1. The van der Waals surface area contributed by atoms with Gasteiger partial charge in [-0.15, -0.1) is 0 Å². The molecule has 3 rings (SSSR count). The molecule has 0 amide bonds. The zero-order valence-corrected chi connectivity index (χ0v) is 11.6. The highest BCUT2D eigenvalue weighted by molar-refractivity contribution is 5.71. The number of pyridine rings is 1. The number of nitrogens with zero attached hydrogens (tertiary/aromatic N) is 6. The number of nitrogens with one attached hydrogen (secondary N) is 1. The second kappa shape index (κ2) is 4.76. The number of hydrogen-bond donors (Lipinski definition) is 1. The van der Waals surface area contributed by atoms with E-state index in [0.29, 0.717) is 5.95 Å². The van der Waals surface area contributed by atoms with Gasteiger partial charge < -0.3 is 10.2 Å². The van der Waals surface area contributed by atoms with Gasteiger partial charge in [0.2, 0.25) is 5.95 Å². The van der Waals surface area contributed by atoms with Crippen molar-refractivity contribution in [1.29, 1.82) is 0 Å². The van der Waals surface area contributed by atoms with Crippen molar-refractivity contribution in [2.45, 2.75) is 6.92 Å². The Morgan fingerprint density at radius 1 is 1.25 bits per heavy atom. The van der Waals surface area contributed by atoms with Gasteiger partial charge in [-0.05, 0) is 19.1 Å². The molecule has 20 heavy (non-hydrogen) atoms. The van der Waals surface area contributed by atoms with E-state index >= 15 is 0 Å². The molecule has 0 aromatic carbocycles. The molecule has 0 saturated carbocycles. The van der Waals surface area contributed by atoms with E-state index in [1.807, 2.05) is 44.2 Å². The van der Waals surface area contributed by atoms with E-state index in [4.69, 9.17) is 0 Å². The fourth-order valence-corrected chi connectivity index (χ4v) is 2.01. The van der Waals surface area contributed by atoms with Crippen LogP contribution in [0.25, 0.3) is 5.65 Å². The van der Waals surface area contributed by atoms with Crippen LogP contribution < -0.4 is 10.2 Å². The molecule has 0 aliphatic heterocycles. The summed E-state index contributed by atoms with van der Waals surface area (Å²) in [6.45, 7) is 1.98. The second-order valence-electron chi connectivity index (χ2n) is 4.67. The molecule has 7 heteroatoms. The maximum atomic E-state index is 4.50. The van der Waals surface area contributed by atoms with Gasteiger partial charge in [-0.1, -0.05) is 0 Å². The molecule has 0 bridgehead atoms. The van der Waals surface area contributed by atoms with Crippen LogP contribution in [-0.2, 0) is 0 Å². The van der Waals surface area contributed by atoms with Crippen LogP contribution in [0, 0.1) is 6.92 Å². The van der Waals surface area contributed by atoms with Gasteiger partial charge in [-0.25, -0.2) is 14.5 Å². The lowest BCUT2D eigenvalue weighted by atomic mass is 10.3. The van der Waals surface area contributed by atoms with Gasteiger partial charge in [0.05, 0.1) is 5.69 Å². The Kier molecular flexibility index (Phi) is 2.94. The molecule has 1 N–H and O–H groups in total. The molecule has 0 saturated heterocycles. The zero-order valence-electron chi connectivity index (χ0n) is 11.6. The van der Waals surface area contributed by atoms with Gasteiger partial charge in [-0.2, -0.15) is 10.1 Å². The maximum Gasteiger partial charge on any atom is 0.229 e. The van der Waals surface area contributed by atoms with Gasteiger partial charge in [0.25, 0.3) is 0 Å². The Balaban J connectivity index is 1.99. The average Bonchev–Trinajstić information content (AvgIpc) is 2.90. The van der Waals surface area contributed by atoms with Crippen molar-refractivity contribution >= 4 is 23.1 Å². The first-order valence-electron chi connectivity index (χ1n) is 6.21. The summed E-state index contributed by atoms with van der Waals surface area (Å²) >= 11 is 0. The minimum Gasteiger partial charge on any atom is -0.362 e. The second-order valence-corrected chi connectivity index (χ2v) is 4.67. The zero-order chi connectivity index (χ0) is 14.1. The summed E-state index contributed by atoms with van der Waals surface area (Å²) < 4.78 is 1.70. The van der Waals surface area contributed by atoms with Crippen LogP contribution in [-0.4, -0.2) is 38.7 Å². The van der Waals surface area contributed by atoms with Gasteiger partial charge in [0.15, 0.2) is 5.65 Å². The Bertz CT molecular complexity index is 747. The van der Waals surface area contributed by atoms with E-state index in [9.17, 15) is 0 Å². The molecule has 0 radical (unpaired) electrons. The summed E-state index contributed by atoms with van der Waals surface area (Å²) in [4.78, 5) is 15.0. The van der Waals surface area contributed by atoms with Crippen molar-refractivity contribution in [3.05, 3.63) is 36.4 Å². The third-order valence-electron chi connectivity index (χ3n) is 2.92. The van der Waals surface area contributed by atoms with E-state index in [-0.39, 0.29) is 0 Å². The maximum absolute atomic E-state index is 4.50. The third-order valence-corrected chi connectivity index (χ3v) is 2.92. The summed E-state index contributed by atoms with van der Waals surface area (Å²) in [5, 5.41) is 7.28. The molecule has 0 fully saturated rings. The summed E-state index contributed by atoms with van der Waals surface area (Å²) in [7, 11) is 3.91. The molecule has 3 aromatic rings. The first-order chi connectivity index (χ1) is 9.65. The van der Waals surface area contributed by atoms with Crippen LogP contribution in [0.4, 0.5) is 17.5 Å². The van der Waals surface area contributed by atoms with E-state index < -0.39 is 0 Å². The van der Waals surface area contributed by atoms with Crippen molar-refractivity contribution in [2.24, 2.45) is 0 Å². The Morgan fingerprint density at radius 2 is 2.10 bits per heavy atom. The first kappa shape index (κ1) is 12.3. The van der Waals surface area contributed by atoms with Crippen molar-refractivity contribution in [3.8, 4) is 0 Å². The topological polar surface area (TPSA) is 71.2 Å². The van der Waals surface area contributed by atoms with Crippen molar-refractivity contribution in [3.63, 3.8) is 0 Å². The quantitative estimate of drug-likeness (QED) is 0.779. The predicted molar refractivity (Wildman–Crippen MR) is 77.4 cm³/mol. The lowest BCUT2D eigenvalue weighted by molar-refractivity contribution is 0.961. The lowest BCUT2D eigenvalue weighted by Gasteiger charge is -2.15. The van der Waals surface area contributed by atoms with Gasteiger partial charge >= 0.3 is 0 Å². The lowest BCUT2D eigenvalue weighted by Crippen LogP contribution is -2.13.